The van der Waals surface area contributed by atoms with E-state index in [4.69, 9.17) is 4.74 Å². The van der Waals surface area contributed by atoms with E-state index in [9.17, 15) is 14.4 Å². The molecular formula is C28H30N2O4S. The summed E-state index contributed by atoms with van der Waals surface area (Å²) in [4.78, 5) is 39.8. The van der Waals surface area contributed by atoms with Crippen LogP contribution in [0.25, 0.3) is 0 Å². The number of anilines is 1. The number of ketones is 1. The van der Waals surface area contributed by atoms with Crippen LogP contribution in [0.3, 0.4) is 0 Å². The number of hydrogen-bond donors (Lipinski definition) is 2. The highest BCUT2D eigenvalue weighted by atomic mass is 32.1. The number of carbonyl (C=O) groups excluding carboxylic acids is 3. The number of hydrogen-bond acceptors (Lipinski definition) is 6. The maximum Gasteiger partial charge on any atom is 0.341 e. The van der Waals surface area contributed by atoms with Crippen LogP contribution in [0.5, 0.6) is 0 Å². The number of rotatable bonds is 6. The number of carbonyl (C=O) groups is 3. The second kappa shape index (κ2) is 9.40. The van der Waals surface area contributed by atoms with E-state index in [1.807, 2.05) is 18.2 Å². The first-order valence-corrected chi connectivity index (χ1v) is 12.5. The maximum absolute atomic E-state index is 13.1. The zero-order valence-corrected chi connectivity index (χ0v) is 21.5. The molecule has 1 amide bonds. The average Bonchev–Trinajstić information content (AvgIpc) is 3.16. The van der Waals surface area contributed by atoms with Gasteiger partial charge in [-0.05, 0) is 58.7 Å². The lowest BCUT2D eigenvalue weighted by atomic mass is 9.81. The Morgan fingerprint density at radius 3 is 2.17 bits per heavy atom. The van der Waals surface area contributed by atoms with Gasteiger partial charge in [0.1, 0.15) is 5.00 Å². The summed E-state index contributed by atoms with van der Waals surface area (Å²) in [5, 5.41) is 7.05. The van der Waals surface area contributed by atoms with E-state index in [1.54, 1.807) is 43.3 Å². The molecule has 2 heterocycles. The molecule has 1 aliphatic heterocycles. The third kappa shape index (κ3) is 5.06. The fourth-order valence-corrected chi connectivity index (χ4v) is 6.00. The normalized spacial score (nSPS) is 15.7. The van der Waals surface area contributed by atoms with Crippen molar-refractivity contribution in [2.75, 3.05) is 11.9 Å². The number of esters is 1. The maximum atomic E-state index is 13.1. The number of fused-ring (bicyclic) bond motifs is 1. The van der Waals surface area contributed by atoms with Gasteiger partial charge in [0.15, 0.2) is 5.78 Å². The highest BCUT2D eigenvalue weighted by Gasteiger charge is 2.42. The van der Waals surface area contributed by atoms with Crippen LogP contribution in [0.1, 0.15) is 81.7 Å². The lowest BCUT2D eigenvalue weighted by Crippen LogP contribution is -2.55. The van der Waals surface area contributed by atoms with Crippen LogP contribution in [0.4, 0.5) is 5.00 Å². The molecule has 0 atom stereocenters. The van der Waals surface area contributed by atoms with E-state index in [0.29, 0.717) is 33.7 Å². The topological polar surface area (TPSA) is 84.5 Å². The molecule has 35 heavy (non-hydrogen) atoms. The largest absolute Gasteiger partial charge is 0.462 e. The molecule has 0 unspecified atom stereocenters. The molecule has 4 rings (SSSR count). The molecular weight excluding hydrogens is 460 g/mol. The molecule has 1 aromatic heterocycles. The first-order valence-electron chi connectivity index (χ1n) is 11.7. The minimum Gasteiger partial charge on any atom is -0.462 e. The van der Waals surface area contributed by atoms with Gasteiger partial charge in [-0.15, -0.1) is 11.3 Å². The van der Waals surface area contributed by atoms with Gasteiger partial charge in [-0.1, -0.05) is 42.5 Å². The van der Waals surface area contributed by atoms with Crippen molar-refractivity contribution in [1.82, 2.24) is 5.32 Å². The highest BCUT2D eigenvalue weighted by molar-refractivity contribution is 7.17. The van der Waals surface area contributed by atoms with Gasteiger partial charge >= 0.3 is 5.97 Å². The summed E-state index contributed by atoms with van der Waals surface area (Å²) < 4.78 is 5.36. The summed E-state index contributed by atoms with van der Waals surface area (Å²) in [5.41, 5.74) is 2.24. The fraction of sp³-hybridized carbons (Fsp3) is 0.321. The minimum atomic E-state index is -0.433. The second-order valence-corrected chi connectivity index (χ2v) is 10.9. The van der Waals surface area contributed by atoms with Crippen molar-refractivity contribution >= 4 is 34.0 Å². The van der Waals surface area contributed by atoms with Crippen molar-refractivity contribution < 1.29 is 19.1 Å². The fourth-order valence-electron chi connectivity index (χ4n) is 4.74. The zero-order chi connectivity index (χ0) is 25.4. The number of benzene rings is 2. The van der Waals surface area contributed by atoms with Crippen LogP contribution in [0, 0.1) is 0 Å². The Hall–Kier alpha value is -3.29. The van der Waals surface area contributed by atoms with Crippen molar-refractivity contribution in [2.24, 2.45) is 0 Å². The van der Waals surface area contributed by atoms with E-state index >= 15 is 0 Å². The standard InChI is InChI=1S/C28H30N2O4S/c1-6-34-26(33)21-20-16-27(2,3)30-28(4,5)23(20)35-25(21)29-24(32)19-14-12-18(13-15-19)22(31)17-10-8-7-9-11-17/h7-15,30H,6,16H2,1-5H3,(H,29,32). The number of thiophene rings is 1. The molecule has 0 radical (unpaired) electrons. The Labute approximate surface area is 209 Å². The Bertz CT molecular complexity index is 1270. The molecule has 0 bridgehead atoms. The van der Waals surface area contributed by atoms with Crippen molar-refractivity contribution in [3.63, 3.8) is 0 Å². The third-order valence-electron chi connectivity index (χ3n) is 6.00. The second-order valence-electron chi connectivity index (χ2n) is 9.87. The van der Waals surface area contributed by atoms with E-state index < -0.39 is 5.97 Å². The van der Waals surface area contributed by atoms with Crippen molar-refractivity contribution in [3.8, 4) is 0 Å². The summed E-state index contributed by atoms with van der Waals surface area (Å²) in [5.74, 6) is -0.888. The SMILES string of the molecule is CCOC(=O)c1c(NC(=O)c2ccc(C(=O)c3ccccc3)cc2)sc2c1CC(C)(C)NC2(C)C. The lowest BCUT2D eigenvalue weighted by Gasteiger charge is -2.42. The van der Waals surface area contributed by atoms with Crippen LogP contribution in [-0.2, 0) is 16.7 Å². The first-order chi connectivity index (χ1) is 16.5. The van der Waals surface area contributed by atoms with Gasteiger partial charge in [-0.2, -0.15) is 0 Å². The molecule has 3 aromatic rings. The summed E-state index contributed by atoms with van der Waals surface area (Å²) >= 11 is 1.40. The molecule has 1 aliphatic rings. The van der Waals surface area contributed by atoms with E-state index in [2.05, 4.69) is 38.3 Å². The summed E-state index contributed by atoms with van der Waals surface area (Å²) in [6.45, 7) is 10.4. The predicted molar refractivity (Wildman–Crippen MR) is 138 cm³/mol. The van der Waals surface area contributed by atoms with Gasteiger partial charge in [0.05, 0.1) is 12.2 Å². The molecule has 0 saturated carbocycles. The summed E-state index contributed by atoms with van der Waals surface area (Å²) in [6.07, 6.45) is 0.641. The summed E-state index contributed by atoms with van der Waals surface area (Å²) in [6, 6.07) is 15.5. The molecule has 2 aromatic carbocycles. The Morgan fingerprint density at radius 1 is 0.943 bits per heavy atom. The van der Waals surface area contributed by atoms with Gasteiger partial charge in [-0.25, -0.2) is 4.79 Å². The van der Waals surface area contributed by atoms with E-state index in [-0.39, 0.29) is 29.4 Å². The number of amides is 1. The van der Waals surface area contributed by atoms with Crippen LogP contribution in [-0.4, -0.2) is 29.8 Å². The Kier molecular flexibility index (Phi) is 6.66. The van der Waals surface area contributed by atoms with Crippen LogP contribution >= 0.6 is 11.3 Å². The van der Waals surface area contributed by atoms with Gasteiger partial charge < -0.3 is 15.4 Å². The van der Waals surface area contributed by atoms with Gasteiger partial charge in [0, 0.05) is 32.6 Å². The Morgan fingerprint density at radius 2 is 1.54 bits per heavy atom. The van der Waals surface area contributed by atoms with Gasteiger partial charge in [-0.3, -0.25) is 9.59 Å². The molecule has 0 spiro atoms. The first kappa shape index (κ1) is 24.8. The van der Waals surface area contributed by atoms with Crippen LogP contribution in [0.15, 0.2) is 54.6 Å². The molecule has 182 valence electrons. The van der Waals surface area contributed by atoms with E-state index in [1.165, 1.54) is 11.3 Å². The van der Waals surface area contributed by atoms with Gasteiger partial charge in [0.25, 0.3) is 5.91 Å². The molecule has 0 saturated heterocycles. The van der Waals surface area contributed by atoms with Crippen molar-refractivity contribution in [3.05, 3.63) is 87.3 Å². The Balaban J connectivity index is 1.64. The van der Waals surface area contributed by atoms with Gasteiger partial charge in [0.2, 0.25) is 0 Å². The average molecular weight is 491 g/mol. The van der Waals surface area contributed by atoms with Crippen LogP contribution < -0.4 is 10.6 Å². The lowest BCUT2D eigenvalue weighted by molar-refractivity contribution is 0.0525. The summed E-state index contributed by atoms with van der Waals surface area (Å²) in [7, 11) is 0. The van der Waals surface area contributed by atoms with Crippen molar-refractivity contribution in [2.45, 2.75) is 52.1 Å². The monoisotopic (exact) mass is 490 g/mol. The number of ether oxygens (including phenoxy) is 1. The molecule has 2 N–H and O–H groups in total. The number of nitrogens with one attached hydrogen (secondary N) is 2. The third-order valence-corrected chi connectivity index (χ3v) is 7.47. The van der Waals surface area contributed by atoms with Crippen molar-refractivity contribution in [1.29, 1.82) is 0 Å². The minimum absolute atomic E-state index is 0.106. The highest BCUT2D eigenvalue weighted by Crippen LogP contribution is 2.45. The molecule has 6 nitrogen and oxygen atoms in total. The molecule has 0 fully saturated rings. The predicted octanol–water partition coefficient (Wildman–Crippen LogP) is 5.57. The quantitative estimate of drug-likeness (QED) is 0.349. The molecule has 7 heteroatoms. The van der Waals surface area contributed by atoms with Crippen LogP contribution in [0.2, 0.25) is 0 Å². The zero-order valence-electron chi connectivity index (χ0n) is 20.7. The smallest absolute Gasteiger partial charge is 0.341 e. The molecule has 0 aliphatic carbocycles. The van der Waals surface area contributed by atoms with E-state index in [0.717, 1.165) is 10.4 Å².